The molecule has 2 heterocycles. The Morgan fingerprint density at radius 3 is 1.25 bits per heavy atom. The highest BCUT2D eigenvalue weighted by atomic mass is 16.2. The van der Waals surface area contributed by atoms with Crippen molar-refractivity contribution in [2.24, 2.45) is 0 Å². The van der Waals surface area contributed by atoms with E-state index in [1.54, 1.807) is 0 Å². The topological polar surface area (TPSA) is 92.3 Å². The Hall–Kier alpha value is -3.28. The van der Waals surface area contributed by atoms with Crippen LogP contribution in [0.1, 0.15) is 63.5 Å². The lowest BCUT2D eigenvalue weighted by atomic mass is 9.72. The van der Waals surface area contributed by atoms with Crippen LogP contribution in [-0.2, 0) is 30.0 Å². The third-order valence-electron chi connectivity index (χ3n) is 6.79. The third kappa shape index (κ3) is 4.49. The van der Waals surface area contributed by atoms with Crippen LogP contribution in [0.3, 0.4) is 0 Å². The molecule has 0 aliphatic carbocycles. The summed E-state index contributed by atoms with van der Waals surface area (Å²) >= 11 is 0. The molecule has 2 aliphatic rings. The molecule has 2 aromatic rings. The number of carbonyl (C=O) groups excluding carboxylic acids is 4. The molecule has 0 bridgehead atoms. The zero-order valence-electron chi connectivity index (χ0n) is 18.6. The number of nitrogens with one attached hydrogen (secondary N) is 2. The third-order valence-corrected chi connectivity index (χ3v) is 6.79. The zero-order valence-corrected chi connectivity index (χ0v) is 18.6. The van der Waals surface area contributed by atoms with E-state index in [1.807, 2.05) is 74.5 Å². The van der Waals surface area contributed by atoms with E-state index < -0.39 is 10.8 Å². The van der Waals surface area contributed by atoms with E-state index in [2.05, 4.69) is 10.6 Å². The van der Waals surface area contributed by atoms with Crippen molar-refractivity contribution in [2.45, 2.75) is 63.2 Å². The molecule has 2 saturated heterocycles. The first-order valence-corrected chi connectivity index (χ1v) is 11.2. The lowest BCUT2D eigenvalue weighted by Crippen LogP contribution is -2.51. The molecule has 0 aromatic heterocycles. The number of benzene rings is 2. The van der Waals surface area contributed by atoms with Crippen LogP contribution in [0.25, 0.3) is 0 Å². The molecule has 6 nitrogen and oxygen atoms in total. The summed E-state index contributed by atoms with van der Waals surface area (Å²) in [7, 11) is 0. The number of amides is 4. The van der Waals surface area contributed by atoms with Crippen LogP contribution in [0.4, 0.5) is 0 Å². The number of piperidine rings is 2. The predicted octanol–water partition coefficient (Wildman–Crippen LogP) is 3.54. The fourth-order valence-electron chi connectivity index (χ4n) is 4.65. The van der Waals surface area contributed by atoms with Crippen molar-refractivity contribution in [1.82, 2.24) is 10.6 Å². The number of hydrogen-bond acceptors (Lipinski definition) is 4. The maximum Gasteiger partial charge on any atom is 0.237 e. The average molecular weight is 435 g/mol. The molecular weight excluding hydrogens is 404 g/mol. The molecular formula is C26H30N2O4. The number of carbonyl (C=O) groups is 4. The first-order valence-electron chi connectivity index (χ1n) is 11.2. The normalized spacial score (nSPS) is 25.3. The van der Waals surface area contributed by atoms with Gasteiger partial charge in [0, 0.05) is 12.8 Å². The molecule has 0 saturated carbocycles. The predicted molar refractivity (Wildman–Crippen MR) is 122 cm³/mol. The molecule has 2 unspecified atom stereocenters. The molecule has 2 aromatic carbocycles. The summed E-state index contributed by atoms with van der Waals surface area (Å²) in [4.78, 5) is 46.4. The van der Waals surface area contributed by atoms with E-state index in [1.165, 1.54) is 0 Å². The van der Waals surface area contributed by atoms with Crippen molar-refractivity contribution in [1.29, 1.82) is 0 Å². The first kappa shape index (κ1) is 23.4. The van der Waals surface area contributed by atoms with Gasteiger partial charge >= 0.3 is 0 Å². The van der Waals surface area contributed by atoms with Crippen molar-refractivity contribution in [3.05, 3.63) is 71.8 Å². The van der Waals surface area contributed by atoms with E-state index in [9.17, 15) is 19.2 Å². The number of imide groups is 2. The summed E-state index contributed by atoms with van der Waals surface area (Å²) in [5, 5.41) is 4.88. The van der Waals surface area contributed by atoms with Gasteiger partial charge in [0.15, 0.2) is 0 Å². The second kappa shape index (κ2) is 9.90. The number of hydrogen-bond donors (Lipinski definition) is 2. The van der Waals surface area contributed by atoms with Gasteiger partial charge in [-0.25, -0.2) is 0 Å². The van der Waals surface area contributed by atoms with E-state index >= 15 is 0 Å². The Balaban J connectivity index is 0.000000181. The van der Waals surface area contributed by atoms with Gasteiger partial charge in [0.1, 0.15) is 0 Å². The van der Waals surface area contributed by atoms with Gasteiger partial charge in [-0.05, 0) is 36.8 Å². The van der Waals surface area contributed by atoms with Gasteiger partial charge < -0.3 is 0 Å². The van der Waals surface area contributed by atoms with Crippen LogP contribution >= 0.6 is 0 Å². The lowest BCUT2D eigenvalue weighted by Gasteiger charge is -2.34. The minimum atomic E-state index is -0.519. The Labute approximate surface area is 188 Å². The maximum atomic E-state index is 12.0. The molecule has 4 amide bonds. The fourth-order valence-corrected chi connectivity index (χ4v) is 4.65. The largest absolute Gasteiger partial charge is 0.296 e. The summed E-state index contributed by atoms with van der Waals surface area (Å²) in [5.41, 5.74) is 0.967. The monoisotopic (exact) mass is 434 g/mol. The highest BCUT2D eigenvalue weighted by molar-refractivity contribution is 6.04. The van der Waals surface area contributed by atoms with Crippen molar-refractivity contribution >= 4 is 23.6 Å². The first-order chi connectivity index (χ1) is 15.4. The molecule has 4 rings (SSSR count). The van der Waals surface area contributed by atoms with Gasteiger partial charge in [-0.2, -0.15) is 0 Å². The van der Waals surface area contributed by atoms with Gasteiger partial charge in [-0.1, -0.05) is 74.5 Å². The summed E-state index contributed by atoms with van der Waals surface area (Å²) in [5.74, 6) is -0.634. The molecule has 2 fully saturated rings. The molecule has 32 heavy (non-hydrogen) atoms. The van der Waals surface area contributed by atoms with E-state index in [0.29, 0.717) is 25.7 Å². The van der Waals surface area contributed by atoms with Crippen molar-refractivity contribution < 1.29 is 19.2 Å². The molecule has 0 spiro atoms. The molecule has 168 valence electrons. The minimum Gasteiger partial charge on any atom is -0.296 e. The summed E-state index contributed by atoms with van der Waals surface area (Å²) < 4.78 is 0. The summed E-state index contributed by atoms with van der Waals surface area (Å²) in [6.45, 7) is 3.98. The molecule has 2 N–H and O–H groups in total. The van der Waals surface area contributed by atoms with Crippen LogP contribution in [0.2, 0.25) is 0 Å². The Bertz CT molecular complexity index is 908. The van der Waals surface area contributed by atoms with Crippen LogP contribution < -0.4 is 10.6 Å². The molecule has 0 radical (unpaired) electrons. The van der Waals surface area contributed by atoms with Gasteiger partial charge in [0.2, 0.25) is 23.6 Å². The van der Waals surface area contributed by atoms with E-state index in [-0.39, 0.29) is 23.6 Å². The number of rotatable bonds is 4. The quantitative estimate of drug-likeness (QED) is 0.720. The van der Waals surface area contributed by atoms with E-state index in [0.717, 1.165) is 24.0 Å². The average Bonchev–Trinajstić information content (AvgIpc) is 2.82. The zero-order chi connectivity index (χ0) is 23.2. The van der Waals surface area contributed by atoms with Crippen molar-refractivity contribution in [2.75, 3.05) is 0 Å². The Morgan fingerprint density at radius 2 is 0.969 bits per heavy atom. The van der Waals surface area contributed by atoms with Crippen LogP contribution in [0.5, 0.6) is 0 Å². The van der Waals surface area contributed by atoms with Crippen molar-refractivity contribution in [3.8, 4) is 0 Å². The smallest absolute Gasteiger partial charge is 0.237 e. The fraction of sp³-hybridized carbons (Fsp3) is 0.385. The molecule has 6 heteroatoms. The lowest BCUT2D eigenvalue weighted by molar-refractivity contribution is -0.139. The Morgan fingerprint density at radius 1 is 0.625 bits per heavy atom. The van der Waals surface area contributed by atoms with Crippen molar-refractivity contribution in [3.63, 3.8) is 0 Å². The highest BCUT2D eigenvalue weighted by Gasteiger charge is 2.43. The van der Waals surface area contributed by atoms with Gasteiger partial charge in [-0.3, -0.25) is 29.8 Å². The standard InChI is InChI=1S/2C13H15NO2/c2*1-2-13(10-6-4-3-5-7-10)9-8-11(15)14-12(13)16/h2*3-7H,2,8-9H2,1H3,(H,14,15,16). The maximum absolute atomic E-state index is 12.0. The summed E-state index contributed by atoms with van der Waals surface area (Å²) in [6, 6.07) is 19.4. The highest BCUT2D eigenvalue weighted by Crippen LogP contribution is 2.36. The second-order valence-electron chi connectivity index (χ2n) is 8.36. The van der Waals surface area contributed by atoms with Gasteiger partial charge in [0.25, 0.3) is 0 Å². The van der Waals surface area contributed by atoms with Crippen LogP contribution in [0, 0.1) is 0 Å². The SMILES string of the molecule is CCC1(c2ccccc2)CCC(=O)NC1=O.CCC1(c2ccccc2)CCC(=O)NC1=O. The second-order valence-corrected chi connectivity index (χ2v) is 8.36. The summed E-state index contributed by atoms with van der Waals surface area (Å²) in [6.07, 6.45) is 3.51. The van der Waals surface area contributed by atoms with Gasteiger partial charge in [0.05, 0.1) is 10.8 Å². The van der Waals surface area contributed by atoms with Crippen LogP contribution in [0.15, 0.2) is 60.7 Å². The van der Waals surface area contributed by atoms with Crippen LogP contribution in [-0.4, -0.2) is 23.6 Å². The molecule has 2 aliphatic heterocycles. The Kier molecular flexibility index (Phi) is 7.23. The van der Waals surface area contributed by atoms with E-state index in [4.69, 9.17) is 0 Å². The molecule has 2 atom stereocenters. The minimum absolute atomic E-state index is 0.155. The van der Waals surface area contributed by atoms with Gasteiger partial charge in [-0.15, -0.1) is 0 Å².